The number of aliphatic hydroxyl groups excluding tert-OH is 3. The van der Waals surface area contributed by atoms with Crippen molar-refractivity contribution >= 4 is 0 Å². The highest BCUT2D eigenvalue weighted by Gasteiger charge is 2.40. The predicted molar refractivity (Wildman–Crippen MR) is 99.6 cm³/mol. The molecule has 0 aliphatic carbocycles. The van der Waals surface area contributed by atoms with Gasteiger partial charge in [0.15, 0.2) is 0 Å². The molecule has 0 saturated carbocycles. The number of unbranched alkanes of at least 4 members (excludes halogenated alkanes) is 8. The Morgan fingerprint density at radius 1 is 1.00 bits per heavy atom. The molecule has 25 heavy (non-hydrogen) atoms. The van der Waals surface area contributed by atoms with Crippen LogP contribution in [0.2, 0.25) is 0 Å². The summed E-state index contributed by atoms with van der Waals surface area (Å²) in [4.78, 5) is 0. The molecule has 1 aliphatic heterocycles. The van der Waals surface area contributed by atoms with Gasteiger partial charge in [0, 0.05) is 6.61 Å². The smallest absolute Gasteiger partial charge is 0.114 e. The fourth-order valence-corrected chi connectivity index (χ4v) is 3.15. The van der Waals surface area contributed by atoms with Crippen LogP contribution in [-0.4, -0.2) is 59.6 Å². The number of rotatable bonds is 15. The van der Waals surface area contributed by atoms with Crippen LogP contribution in [0.25, 0.3) is 0 Å². The van der Waals surface area contributed by atoms with Crippen LogP contribution in [0.5, 0.6) is 0 Å². The van der Waals surface area contributed by atoms with Crippen LogP contribution in [0, 0.1) is 0 Å². The van der Waals surface area contributed by atoms with E-state index in [0.717, 1.165) is 19.3 Å². The van der Waals surface area contributed by atoms with Gasteiger partial charge in [-0.25, -0.2) is 0 Å². The average molecular weight is 359 g/mol. The molecule has 0 amide bonds. The molecule has 0 spiro atoms. The van der Waals surface area contributed by atoms with E-state index in [9.17, 15) is 15.3 Å². The van der Waals surface area contributed by atoms with Crippen molar-refractivity contribution < 1.29 is 24.8 Å². The minimum Gasteiger partial charge on any atom is -0.394 e. The van der Waals surface area contributed by atoms with Crippen LogP contribution in [-0.2, 0) is 9.47 Å². The van der Waals surface area contributed by atoms with Crippen molar-refractivity contribution in [1.29, 1.82) is 0 Å². The van der Waals surface area contributed by atoms with E-state index >= 15 is 0 Å². The fraction of sp³-hybridized carbons (Fsp3) is 0.900. The molecular weight excluding hydrogens is 320 g/mol. The van der Waals surface area contributed by atoms with Crippen molar-refractivity contribution in [2.24, 2.45) is 0 Å². The van der Waals surface area contributed by atoms with Crippen molar-refractivity contribution in [3.8, 4) is 0 Å². The molecule has 1 saturated heterocycles. The normalized spacial score (nSPS) is 25.0. The zero-order valence-electron chi connectivity index (χ0n) is 15.8. The molecule has 148 valence electrons. The van der Waals surface area contributed by atoms with Crippen LogP contribution in [0.1, 0.15) is 71.1 Å². The molecule has 1 aliphatic rings. The Labute approximate surface area is 153 Å². The molecule has 5 nitrogen and oxygen atoms in total. The summed E-state index contributed by atoms with van der Waals surface area (Å²) in [5.41, 5.74) is 0. The van der Waals surface area contributed by atoms with E-state index in [2.05, 4.69) is 19.1 Å². The van der Waals surface area contributed by atoms with Gasteiger partial charge in [-0.1, -0.05) is 57.6 Å². The van der Waals surface area contributed by atoms with Crippen LogP contribution in [0.4, 0.5) is 0 Å². The lowest BCUT2D eigenvalue weighted by Crippen LogP contribution is -2.42. The zero-order valence-corrected chi connectivity index (χ0v) is 15.8. The van der Waals surface area contributed by atoms with Gasteiger partial charge < -0.3 is 24.8 Å². The molecule has 0 aromatic carbocycles. The second-order valence-electron chi connectivity index (χ2n) is 6.94. The summed E-state index contributed by atoms with van der Waals surface area (Å²) in [7, 11) is 0. The van der Waals surface area contributed by atoms with Gasteiger partial charge in [0.1, 0.15) is 24.4 Å². The molecule has 0 radical (unpaired) electrons. The Morgan fingerprint density at radius 3 is 2.20 bits per heavy atom. The van der Waals surface area contributed by atoms with Gasteiger partial charge in [-0.3, -0.25) is 0 Å². The van der Waals surface area contributed by atoms with E-state index in [4.69, 9.17) is 9.47 Å². The fourth-order valence-electron chi connectivity index (χ4n) is 3.15. The molecule has 0 bridgehead atoms. The van der Waals surface area contributed by atoms with Gasteiger partial charge in [0.05, 0.1) is 13.2 Å². The number of hydrogen-bond donors (Lipinski definition) is 3. The molecule has 0 unspecified atom stereocenters. The number of allylic oxidation sites excluding steroid dienone is 2. The van der Waals surface area contributed by atoms with Crippen molar-refractivity contribution in [3.05, 3.63) is 12.2 Å². The van der Waals surface area contributed by atoms with Gasteiger partial charge >= 0.3 is 0 Å². The maximum Gasteiger partial charge on any atom is 0.114 e. The molecule has 3 N–H and O–H groups in total. The molecule has 4 atom stereocenters. The number of ether oxygens (including phenoxy) is 2. The first-order valence-corrected chi connectivity index (χ1v) is 10.1. The topological polar surface area (TPSA) is 79.2 Å². The quantitative estimate of drug-likeness (QED) is 0.310. The van der Waals surface area contributed by atoms with Crippen LogP contribution in [0.15, 0.2) is 12.2 Å². The number of aliphatic hydroxyl groups is 3. The van der Waals surface area contributed by atoms with Crippen molar-refractivity contribution in [2.45, 2.75) is 95.5 Å². The van der Waals surface area contributed by atoms with E-state index in [1.807, 2.05) is 0 Å². The molecular formula is C20H38O5. The first kappa shape index (κ1) is 22.6. The molecule has 1 rings (SSSR count). The van der Waals surface area contributed by atoms with Gasteiger partial charge in [-0.2, -0.15) is 0 Å². The standard InChI is InChI=1S/C20H38O5/c1-2-3-4-5-6-7-8-9-10-11-12-13-14-24-18(15-21)20-19(23)17(22)16-25-20/h3-4,17-23H,2,5-16H2,1H3/b4-3+/t17-,18+,19-,20-/m0/s1. The van der Waals surface area contributed by atoms with Gasteiger partial charge in [-0.15, -0.1) is 0 Å². The third-order valence-corrected chi connectivity index (χ3v) is 4.74. The Balaban J connectivity index is 1.91. The van der Waals surface area contributed by atoms with Crippen LogP contribution >= 0.6 is 0 Å². The van der Waals surface area contributed by atoms with E-state index < -0.39 is 24.4 Å². The van der Waals surface area contributed by atoms with Gasteiger partial charge in [0.25, 0.3) is 0 Å². The van der Waals surface area contributed by atoms with E-state index in [0.29, 0.717) is 6.61 Å². The summed E-state index contributed by atoms with van der Waals surface area (Å²) in [5.74, 6) is 0. The maximum absolute atomic E-state index is 9.79. The Hall–Kier alpha value is -0.460. The highest BCUT2D eigenvalue weighted by atomic mass is 16.6. The van der Waals surface area contributed by atoms with E-state index in [1.165, 1.54) is 44.9 Å². The lowest BCUT2D eigenvalue weighted by atomic mass is 10.1. The highest BCUT2D eigenvalue weighted by molar-refractivity contribution is 4.88. The largest absolute Gasteiger partial charge is 0.394 e. The molecule has 0 aromatic rings. The first-order chi connectivity index (χ1) is 12.2. The van der Waals surface area contributed by atoms with Crippen LogP contribution < -0.4 is 0 Å². The highest BCUT2D eigenvalue weighted by Crippen LogP contribution is 2.20. The third kappa shape index (κ3) is 9.71. The Bertz CT molecular complexity index is 334. The summed E-state index contributed by atoms with van der Waals surface area (Å²) in [6, 6.07) is 0. The summed E-state index contributed by atoms with van der Waals surface area (Å²) in [5, 5.41) is 28.7. The monoisotopic (exact) mass is 358 g/mol. The Morgan fingerprint density at radius 2 is 1.64 bits per heavy atom. The van der Waals surface area contributed by atoms with Gasteiger partial charge in [-0.05, 0) is 25.7 Å². The molecule has 1 heterocycles. The minimum absolute atomic E-state index is 0.0978. The Kier molecular flexibility index (Phi) is 13.3. The predicted octanol–water partition coefficient (Wildman–Crippen LogP) is 2.96. The lowest BCUT2D eigenvalue weighted by Gasteiger charge is -2.24. The lowest BCUT2D eigenvalue weighted by molar-refractivity contribution is -0.101. The van der Waals surface area contributed by atoms with E-state index in [-0.39, 0.29) is 13.2 Å². The molecule has 0 aromatic heterocycles. The maximum atomic E-state index is 9.79. The van der Waals surface area contributed by atoms with Crippen LogP contribution in [0.3, 0.4) is 0 Å². The summed E-state index contributed by atoms with van der Waals surface area (Å²) < 4.78 is 10.9. The number of hydrogen-bond acceptors (Lipinski definition) is 5. The van der Waals surface area contributed by atoms with Gasteiger partial charge in [0.2, 0.25) is 0 Å². The molecule has 1 fully saturated rings. The van der Waals surface area contributed by atoms with Crippen molar-refractivity contribution in [1.82, 2.24) is 0 Å². The SMILES string of the molecule is CC/C=C/CCCCCCCCCCO[C@H](CO)[C@@H]1OC[C@H](O)[C@@H]1O. The van der Waals surface area contributed by atoms with Crippen molar-refractivity contribution in [3.63, 3.8) is 0 Å². The second-order valence-corrected chi connectivity index (χ2v) is 6.94. The molecule has 5 heteroatoms. The summed E-state index contributed by atoms with van der Waals surface area (Å²) >= 11 is 0. The minimum atomic E-state index is -0.977. The van der Waals surface area contributed by atoms with E-state index in [1.54, 1.807) is 0 Å². The third-order valence-electron chi connectivity index (χ3n) is 4.74. The summed E-state index contributed by atoms with van der Waals surface area (Å²) in [6.07, 6.45) is 13.6. The second kappa shape index (κ2) is 14.7. The zero-order chi connectivity index (χ0) is 18.3. The summed E-state index contributed by atoms with van der Waals surface area (Å²) in [6.45, 7) is 2.61. The average Bonchev–Trinajstić information content (AvgIpc) is 2.95. The first-order valence-electron chi connectivity index (χ1n) is 10.1. The van der Waals surface area contributed by atoms with Crippen molar-refractivity contribution in [2.75, 3.05) is 19.8 Å².